The molecule has 0 fully saturated rings. The van der Waals surface area contributed by atoms with E-state index in [9.17, 15) is 4.79 Å². The maximum Gasteiger partial charge on any atom is 0.328 e. The average molecular weight is 416 g/mol. The Morgan fingerprint density at radius 1 is 1.38 bits per heavy atom. The van der Waals surface area contributed by atoms with Gasteiger partial charge in [-0.15, -0.1) is 0 Å². The van der Waals surface area contributed by atoms with Crippen LogP contribution >= 0.6 is 15.9 Å². The van der Waals surface area contributed by atoms with Crippen LogP contribution in [0, 0.1) is 0 Å². The first-order chi connectivity index (χ1) is 12.5. The number of rotatable bonds is 6. The van der Waals surface area contributed by atoms with E-state index in [1.165, 1.54) is 0 Å². The van der Waals surface area contributed by atoms with Gasteiger partial charge in [0.15, 0.2) is 0 Å². The number of aryl methyl sites for hydroxylation is 1. The Labute approximate surface area is 159 Å². The van der Waals surface area contributed by atoms with Gasteiger partial charge in [-0.25, -0.2) is 9.31 Å². The zero-order valence-corrected chi connectivity index (χ0v) is 16.0. The molecule has 3 aromatic heterocycles. The quantitative estimate of drug-likeness (QED) is 0.616. The molecule has 0 aliphatic heterocycles. The molecule has 6 nitrogen and oxygen atoms in total. The van der Waals surface area contributed by atoms with Gasteiger partial charge >= 0.3 is 5.97 Å². The number of carboxylic acid groups (broad SMARTS) is 1. The van der Waals surface area contributed by atoms with Gasteiger partial charge in [-0.2, -0.15) is 5.10 Å². The van der Waals surface area contributed by atoms with E-state index >= 15 is 0 Å². The Kier molecular flexibility index (Phi) is 5.49. The van der Waals surface area contributed by atoms with Crippen LogP contribution in [-0.4, -0.2) is 32.8 Å². The second-order valence-electron chi connectivity index (χ2n) is 5.71. The summed E-state index contributed by atoms with van der Waals surface area (Å²) in [4.78, 5) is 15.4. The van der Waals surface area contributed by atoms with Gasteiger partial charge in [0.25, 0.3) is 0 Å². The average Bonchev–Trinajstić information content (AvgIpc) is 3.02. The summed E-state index contributed by atoms with van der Waals surface area (Å²) in [5.41, 5.74) is 5.08. The van der Waals surface area contributed by atoms with Crippen molar-refractivity contribution in [1.29, 1.82) is 0 Å². The van der Waals surface area contributed by atoms with Crippen molar-refractivity contribution < 1.29 is 14.6 Å². The van der Waals surface area contributed by atoms with Crippen LogP contribution in [-0.2, 0) is 22.6 Å². The first kappa shape index (κ1) is 18.3. The summed E-state index contributed by atoms with van der Waals surface area (Å²) in [6, 6.07) is 5.98. The Balaban J connectivity index is 2.40. The summed E-state index contributed by atoms with van der Waals surface area (Å²) in [5.74, 6) is -1.02. The van der Waals surface area contributed by atoms with E-state index in [4.69, 9.17) is 14.9 Å². The molecule has 134 valence electrons. The summed E-state index contributed by atoms with van der Waals surface area (Å²) in [7, 11) is 1.59. The number of aliphatic carboxylic acids is 1. The lowest BCUT2D eigenvalue weighted by Gasteiger charge is -2.15. The van der Waals surface area contributed by atoms with Gasteiger partial charge in [0.1, 0.15) is 0 Å². The van der Waals surface area contributed by atoms with Crippen LogP contribution in [0.15, 0.2) is 41.1 Å². The number of nitrogens with zero attached hydrogens (tertiary/aromatic N) is 3. The third-order valence-electron chi connectivity index (χ3n) is 4.02. The van der Waals surface area contributed by atoms with Gasteiger partial charge in [-0.1, -0.05) is 6.92 Å². The number of hydrogen-bond acceptors (Lipinski definition) is 4. The van der Waals surface area contributed by atoms with E-state index in [1.54, 1.807) is 25.6 Å². The lowest BCUT2D eigenvalue weighted by atomic mass is 9.99. The molecular formula is C19H18BrN3O3. The topological polar surface area (TPSA) is 76.7 Å². The number of carboxylic acids is 1. The summed E-state index contributed by atoms with van der Waals surface area (Å²) in [6.07, 6.45) is 6.98. The zero-order valence-electron chi connectivity index (χ0n) is 14.4. The van der Waals surface area contributed by atoms with Crippen molar-refractivity contribution in [3.8, 4) is 11.1 Å². The van der Waals surface area contributed by atoms with Crippen LogP contribution in [0.5, 0.6) is 0 Å². The van der Waals surface area contributed by atoms with E-state index in [0.717, 1.165) is 39.3 Å². The lowest BCUT2D eigenvalue weighted by molar-refractivity contribution is -0.131. The molecule has 0 unspecified atom stereocenters. The fraction of sp³-hybridized carbons (Fsp3) is 0.211. The predicted octanol–water partition coefficient (Wildman–Crippen LogP) is 3.97. The van der Waals surface area contributed by atoms with Crippen molar-refractivity contribution >= 4 is 33.5 Å². The molecule has 7 heteroatoms. The molecule has 1 N–H and O–H groups in total. The SMILES string of the molecule is CCc1ccc2c(-c3cncc(Br)c3)c(C=CC(=O)O)c(COC)nn12. The highest BCUT2D eigenvalue weighted by Gasteiger charge is 2.18. The Morgan fingerprint density at radius 3 is 2.85 bits per heavy atom. The van der Waals surface area contributed by atoms with Gasteiger partial charge in [0.2, 0.25) is 0 Å². The minimum atomic E-state index is -1.02. The lowest BCUT2D eigenvalue weighted by Crippen LogP contribution is -2.07. The van der Waals surface area contributed by atoms with Crippen molar-refractivity contribution in [3.05, 3.63) is 58.1 Å². The van der Waals surface area contributed by atoms with E-state index in [2.05, 4.69) is 27.8 Å². The number of carbonyl (C=O) groups is 1. The van der Waals surface area contributed by atoms with E-state index in [1.807, 2.05) is 22.7 Å². The number of hydrogen-bond donors (Lipinski definition) is 1. The van der Waals surface area contributed by atoms with Crippen LogP contribution in [0.4, 0.5) is 0 Å². The first-order valence-electron chi connectivity index (χ1n) is 8.09. The van der Waals surface area contributed by atoms with E-state index in [-0.39, 0.29) is 6.61 Å². The third kappa shape index (κ3) is 3.54. The molecule has 0 aliphatic rings. The molecule has 26 heavy (non-hydrogen) atoms. The van der Waals surface area contributed by atoms with Crippen LogP contribution in [0.25, 0.3) is 22.7 Å². The summed E-state index contributed by atoms with van der Waals surface area (Å²) in [5, 5.41) is 13.8. The highest BCUT2D eigenvalue weighted by Crippen LogP contribution is 2.33. The van der Waals surface area contributed by atoms with Crippen LogP contribution in [0.2, 0.25) is 0 Å². The summed E-state index contributed by atoms with van der Waals surface area (Å²) >= 11 is 3.46. The van der Waals surface area contributed by atoms with Crippen molar-refractivity contribution in [2.24, 2.45) is 0 Å². The molecule has 3 heterocycles. The molecule has 0 atom stereocenters. The van der Waals surface area contributed by atoms with Crippen LogP contribution < -0.4 is 0 Å². The fourth-order valence-corrected chi connectivity index (χ4v) is 3.30. The number of halogens is 1. The van der Waals surface area contributed by atoms with Crippen molar-refractivity contribution in [1.82, 2.24) is 14.6 Å². The molecular weight excluding hydrogens is 398 g/mol. The van der Waals surface area contributed by atoms with Crippen molar-refractivity contribution in [3.63, 3.8) is 0 Å². The predicted molar refractivity (Wildman–Crippen MR) is 103 cm³/mol. The van der Waals surface area contributed by atoms with Crippen LogP contribution in [0.3, 0.4) is 0 Å². The maximum atomic E-state index is 11.1. The molecule has 3 aromatic rings. The zero-order chi connectivity index (χ0) is 18.7. The Morgan fingerprint density at radius 2 is 2.19 bits per heavy atom. The number of fused-ring (bicyclic) bond motifs is 1. The Hall–Kier alpha value is -2.51. The minimum Gasteiger partial charge on any atom is -0.478 e. The highest BCUT2D eigenvalue weighted by molar-refractivity contribution is 9.10. The number of pyridine rings is 1. The highest BCUT2D eigenvalue weighted by atomic mass is 79.9. The molecule has 0 amide bonds. The normalized spacial score (nSPS) is 11.5. The molecule has 0 saturated heterocycles. The van der Waals surface area contributed by atoms with Crippen molar-refractivity contribution in [2.75, 3.05) is 7.11 Å². The van der Waals surface area contributed by atoms with Gasteiger partial charge in [-0.3, -0.25) is 4.98 Å². The molecule has 0 aromatic carbocycles. The Bertz CT molecular complexity index is 995. The molecule has 3 rings (SSSR count). The first-order valence-corrected chi connectivity index (χ1v) is 8.88. The molecule has 0 radical (unpaired) electrons. The maximum absolute atomic E-state index is 11.1. The summed E-state index contributed by atoms with van der Waals surface area (Å²) in [6.45, 7) is 2.34. The second kappa shape index (κ2) is 7.80. The smallest absolute Gasteiger partial charge is 0.328 e. The minimum absolute atomic E-state index is 0.269. The van der Waals surface area contributed by atoms with Gasteiger partial charge in [0.05, 0.1) is 17.8 Å². The molecule has 0 saturated carbocycles. The summed E-state index contributed by atoms with van der Waals surface area (Å²) < 4.78 is 8.04. The number of methoxy groups -OCH3 is 1. The van der Waals surface area contributed by atoms with Crippen LogP contribution in [0.1, 0.15) is 23.9 Å². The fourth-order valence-electron chi connectivity index (χ4n) is 2.93. The van der Waals surface area contributed by atoms with E-state index < -0.39 is 5.97 Å². The van der Waals surface area contributed by atoms with Crippen molar-refractivity contribution in [2.45, 2.75) is 20.0 Å². The second-order valence-corrected chi connectivity index (χ2v) is 6.62. The largest absolute Gasteiger partial charge is 0.478 e. The standard InChI is InChI=1S/C19H18BrN3O3/c1-3-14-4-6-17-19(12-8-13(20)10-21-9-12)15(5-7-18(24)25)16(11-26-2)22-23(14)17/h4-10H,3,11H2,1-2H3,(H,24,25). The van der Waals surface area contributed by atoms with E-state index in [0.29, 0.717) is 11.3 Å². The van der Waals surface area contributed by atoms with Gasteiger partial charge in [0, 0.05) is 52.4 Å². The third-order valence-corrected chi connectivity index (χ3v) is 4.45. The van der Waals surface area contributed by atoms with Gasteiger partial charge in [-0.05, 0) is 46.6 Å². The number of ether oxygens (including phenoxy) is 1. The molecule has 0 aliphatic carbocycles. The number of aromatic nitrogens is 3. The molecule has 0 bridgehead atoms. The molecule has 0 spiro atoms. The monoisotopic (exact) mass is 415 g/mol. The van der Waals surface area contributed by atoms with Gasteiger partial charge < -0.3 is 9.84 Å².